The Hall–Kier alpha value is -8.15. The number of benzene rings is 4. The van der Waals surface area contributed by atoms with Gasteiger partial charge in [0.05, 0.1) is 32.9 Å². The number of alkyl halides is 13. The molecule has 0 amide bonds. The molecule has 8 rings (SSSR count). The zero-order valence-electron chi connectivity index (χ0n) is 44.2. The molecule has 0 fully saturated rings. The van der Waals surface area contributed by atoms with E-state index in [1.807, 2.05) is 24.4 Å². The number of halogens is 13. The minimum atomic E-state index is -4.44. The van der Waals surface area contributed by atoms with Gasteiger partial charge >= 0.3 is 24.7 Å². The summed E-state index contributed by atoms with van der Waals surface area (Å²) in [5.41, 5.74) is 5.41. The van der Waals surface area contributed by atoms with E-state index in [4.69, 9.17) is 38.3 Å². The summed E-state index contributed by atoms with van der Waals surface area (Å²) in [6.45, 7) is -4.18. The second kappa shape index (κ2) is 31.3. The van der Waals surface area contributed by atoms with Crippen LogP contribution in [-0.2, 0) is 11.2 Å². The average Bonchev–Trinajstić information content (AvgIpc) is 3.91. The number of carbonyl (C=O) groups is 2. The van der Waals surface area contributed by atoms with E-state index in [9.17, 15) is 62.3 Å². The molecule has 0 saturated heterocycles. The third-order valence-corrected chi connectivity index (χ3v) is 11.5. The fraction of sp³-hybridized carbons (Fsp3) is 0.273. The highest BCUT2D eigenvalue weighted by Gasteiger charge is 2.31. The molecule has 0 aliphatic heterocycles. The Balaban J connectivity index is 0.000000239. The predicted molar refractivity (Wildman–Crippen MR) is 288 cm³/mol. The van der Waals surface area contributed by atoms with Crippen LogP contribution in [0.3, 0.4) is 0 Å². The van der Waals surface area contributed by atoms with E-state index in [2.05, 4.69) is 24.7 Å². The molecule has 0 spiro atoms. The Morgan fingerprint density at radius 1 is 0.530 bits per heavy atom. The Labute approximate surface area is 478 Å². The number of aromatic amines is 2. The Bertz CT molecular complexity index is 3320. The number of phenolic OH excluding ortho intramolecular Hbond substituents is 1. The number of phenols is 1. The molecule has 1 unspecified atom stereocenters. The van der Waals surface area contributed by atoms with Gasteiger partial charge in [-0.05, 0) is 108 Å². The van der Waals surface area contributed by atoms with Gasteiger partial charge in [-0.2, -0.15) is 52.7 Å². The number of pyridine rings is 2. The monoisotopic (exact) mass is 1300 g/mol. The summed E-state index contributed by atoms with van der Waals surface area (Å²) in [5.74, 6) is 0.955. The third-order valence-electron chi connectivity index (χ3n) is 10.6. The maximum absolute atomic E-state index is 12.5. The van der Waals surface area contributed by atoms with Crippen molar-refractivity contribution in [2.45, 2.75) is 37.2 Å². The summed E-state index contributed by atoms with van der Waals surface area (Å²) in [6.07, 6.45) is -9.05. The van der Waals surface area contributed by atoms with E-state index >= 15 is 0 Å². The fourth-order valence-corrected chi connectivity index (χ4v) is 7.07. The molecule has 4 aromatic heterocycles. The molecule has 0 radical (unpaired) electrons. The van der Waals surface area contributed by atoms with Gasteiger partial charge in [-0.15, -0.1) is 0 Å². The number of nitrogens with one attached hydrogen (secondary N) is 2. The molecule has 83 heavy (non-hydrogen) atoms. The zero-order chi connectivity index (χ0) is 61.5. The lowest BCUT2D eigenvalue weighted by molar-refractivity contribution is -0.154. The average molecular weight is 1300 g/mol. The van der Waals surface area contributed by atoms with Crippen LogP contribution in [0.2, 0.25) is 0 Å². The summed E-state index contributed by atoms with van der Waals surface area (Å²) in [6, 6.07) is 25.7. The standard InChI is InChI=1S/C18H17F3N2O3.C17H15F3N2O2.C10H9F3O3.C8H8O3.C2H2F3I/c1-24-14-6-5-11(8-15(14)26-10-18(19,20)21)16(25-2)13-9-23-17-12(13)4-3-7-22-17;1-23-14-5-4-11(8-15(14)24-10-17(18,19)20)7-12-9-22-16-13(12)3-2-6-21-16;1-15-8-3-2-7(5-14)4-9(8)16-6-10(11,12)13;1-11-8-3-2-6(5-9)4-7(8)10;3-2(4,5)1-6/h3-9,16H,10H2,1-2H3,(H,22,23);2-6,8-9H,7,10H2,1H3,(H,21,22);2-5H,6H2,1H3;2-5,10H,1H3;1H2. The van der Waals surface area contributed by atoms with Gasteiger partial charge in [0.1, 0.15) is 30.0 Å². The summed E-state index contributed by atoms with van der Waals surface area (Å²) in [4.78, 5) is 35.2. The number of carbonyl (C=O) groups excluding carboxylic acids is 2. The normalized spacial score (nSPS) is 11.6. The first-order valence-corrected chi connectivity index (χ1v) is 25.1. The van der Waals surface area contributed by atoms with Crippen LogP contribution in [-0.4, -0.2) is 122 Å². The summed E-state index contributed by atoms with van der Waals surface area (Å²) < 4.78 is 182. The van der Waals surface area contributed by atoms with Crippen molar-refractivity contribution in [2.24, 2.45) is 0 Å². The second-order valence-electron chi connectivity index (χ2n) is 16.6. The number of rotatable bonds is 17. The molecule has 0 bridgehead atoms. The number of nitrogens with zero attached hydrogens (tertiary/aromatic N) is 2. The topological polar surface area (TPSA) is 186 Å². The highest BCUT2D eigenvalue weighted by atomic mass is 127. The SMILES string of the molecule is COc1ccc(C(OC)c2c[nH]c3ncccc23)cc1OCC(F)(F)F.COc1ccc(C=O)cc1O.COc1ccc(C=O)cc1OCC(F)(F)F.COc1ccc(Cc2c[nH]c3ncccc23)cc1OCC(F)(F)F.FC(F)(F)CI. The lowest BCUT2D eigenvalue weighted by atomic mass is 10.0. The summed E-state index contributed by atoms with van der Waals surface area (Å²) >= 11 is 1.27. The van der Waals surface area contributed by atoms with Gasteiger partial charge in [-0.25, -0.2) is 9.97 Å². The molecule has 28 heteroatoms. The van der Waals surface area contributed by atoms with Crippen LogP contribution in [0.4, 0.5) is 52.7 Å². The van der Waals surface area contributed by atoms with Crippen LogP contribution < -0.4 is 33.2 Å². The quantitative estimate of drug-likeness (QED) is 0.0339. The van der Waals surface area contributed by atoms with Crippen molar-refractivity contribution < 1.29 is 105 Å². The first-order chi connectivity index (χ1) is 39.2. The number of aldehydes is 2. The first-order valence-electron chi connectivity index (χ1n) is 23.6. The van der Waals surface area contributed by atoms with Crippen molar-refractivity contribution in [1.82, 2.24) is 19.9 Å². The van der Waals surface area contributed by atoms with Gasteiger partial charge in [-0.3, -0.25) is 9.59 Å². The van der Waals surface area contributed by atoms with Gasteiger partial charge in [-0.1, -0.05) is 34.7 Å². The van der Waals surface area contributed by atoms with E-state index in [1.165, 1.54) is 88.5 Å². The van der Waals surface area contributed by atoms with Crippen LogP contribution in [0.15, 0.2) is 122 Å². The predicted octanol–water partition coefficient (Wildman–Crippen LogP) is 14.0. The number of aromatic nitrogens is 4. The Kier molecular flexibility index (Phi) is 25.4. The number of H-pyrrole nitrogens is 2. The second-order valence-corrected chi connectivity index (χ2v) is 17.3. The van der Waals surface area contributed by atoms with Crippen LogP contribution >= 0.6 is 22.6 Å². The van der Waals surface area contributed by atoms with Crippen LogP contribution in [0.25, 0.3) is 22.1 Å². The van der Waals surface area contributed by atoms with Gasteiger partial charge in [0, 0.05) is 59.4 Å². The van der Waals surface area contributed by atoms with Crippen molar-refractivity contribution in [1.29, 1.82) is 0 Å². The molecular weight excluding hydrogens is 1250 g/mol. The fourth-order valence-electron chi connectivity index (χ4n) is 7.07. The molecular formula is C55H51F12IN4O11. The molecule has 0 aliphatic rings. The van der Waals surface area contributed by atoms with Crippen LogP contribution in [0.5, 0.6) is 46.0 Å². The molecule has 8 aromatic rings. The van der Waals surface area contributed by atoms with E-state index < -0.39 is 55.1 Å². The van der Waals surface area contributed by atoms with Crippen LogP contribution in [0.1, 0.15) is 49.1 Å². The first kappa shape index (κ1) is 67.4. The van der Waals surface area contributed by atoms with Crippen molar-refractivity contribution in [3.8, 4) is 46.0 Å². The number of methoxy groups -OCH3 is 5. The Morgan fingerprint density at radius 2 is 0.964 bits per heavy atom. The number of aromatic hydroxyl groups is 1. The molecule has 1 atom stereocenters. The van der Waals surface area contributed by atoms with Crippen molar-refractivity contribution >= 4 is 57.2 Å². The van der Waals surface area contributed by atoms with E-state index in [-0.39, 0.29) is 45.8 Å². The largest absolute Gasteiger partial charge is 0.504 e. The summed E-state index contributed by atoms with van der Waals surface area (Å²) in [7, 11) is 7.04. The molecule has 15 nitrogen and oxygen atoms in total. The molecule has 0 aliphatic carbocycles. The lowest BCUT2D eigenvalue weighted by Gasteiger charge is -2.18. The van der Waals surface area contributed by atoms with Crippen molar-refractivity contribution in [2.75, 3.05) is 59.8 Å². The van der Waals surface area contributed by atoms with E-state index in [0.717, 1.165) is 33.1 Å². The highest BCUT2D eigenvalue weighted by Crippen LogP contribution is 2.38. The third kappa shape index (κ3) is 22.3. The smallest absolute Gasteiger partial charge is 0.422 e. The van der Waals surface area contributed by atoms with E-state index in [0.29, 0.717) is 41.5 Å². The lowest BCUT2D eigenvalue weighted by Crippen LogP contribution is -2.19. The molecule has 4 heterocycles. The van der Waals surface area contributed by atoms with E-state index in [1.54, 1.807) is 67.1 Å². The van der Waals surface area contributed by atoms with Gasteiger partial charge in [0.25, 0.3) is 0 Å². The molecule has 4 aromatic carbocycles. The minimum Gasteiger partial charge on any atom is -0.504 e. The highest BCUT2D eigenvalue weighted by molar-refractivity contribution is 14.1. The Morgan fingerprint density at radius 3 is 1.43 bits per heavy atom. The molecule has 3 N–H and O–H groups in total. The number of fused-ring (bicyclic) bond motifs is 2. The number of hydrogen-bond acceptors (Lipinski definition) is 13. The maximum atomic E-state index is 12.5. The van der Waals surface area contributed by atoms with Crippen molar-refractivity contribution in [3.63, 3.8) is 0 Å². The van der Waals surface area contributed by atoms with Crippen molar-refractivity contribution in [3.05, 3.63) is 155 Å². The molecule has 448 valence electrons. The van der Waals surface area contributed by atoms with Gasteiger partial charge in [0.15, 0.2) is 65.8 Å². The van der Waals surface area contributed by atoms with Gasteiger partial charge in [0.2, 0.25) is 0 Å². The minimum absolute atomic E-state index is 0.00217. The summed E-state index contributed by atoms with van der Waals surface area (Å²) in [5, 5.41) is 11.0. The molecule has 0 saturated carbocycles. The van der Waals surface area contributed by atoms with Gasteiger partial charge < -0.3 is 53.0 Å². The zero-order valence-corrected chi connectivity index (χ0v) is 46.3. The van der Waals surface area contributed by atoms with Crippen LogP contribution in [0, 0.1) is 0 Å². The number of ether oxygens (including phenoxy) is 8. The maximum Gasteiger partial charge on any atom is 0.422 e. The number of hydrogen-bond donors (Lipinski definition) is 3.